The van der Waals surface area contributed by atoms with Crippen LogP contribution in [0.3, 0.4) is 0 Å². The quantitative estimate of drug-likeness (QED) is 0.748. The van der Waals surface area contributed by atoms with E-state index in [9.17, 15) is 18.0 Å². The lowest BCUT2D eigenvalue weighted by atomic mass is 10.0. The zero-order valence-electron chi connectivity index (χ0n) is 9.19. The monoisotopic (exact) mass is 236 g/mol. The first-order valence-corrected chi connectivity index (χ1v) is 5.33. The smallest absolute Gasteiger partial charge is 0.342 e. The molecule has 2 aliphatic rings. The van der Waals surface area contributed by atoms with E-state index < -0.39 is 17.6 Å². The van der Waals surface area contributed by atoms with E-state index in [1.165, 1.54) is 0 Å². The molecule has 3 atom stereocenters. The molecule has 0 aromatic heterocycles. The zero-order valence-corrected chi connectivity index (χ0v) is 9.19. The van der Waals surface area contributed by atoms with Gasteiger partial charge in [0.2, 0.25) is 5.91 Å². The van der Waals surface area contributed by atoms with Crippen LogP contribution < -0.4 is 10.6 Å². The molecule has 1 heterocycles. The van der Waals surface area contributed by atoms with Gasteiger partial charge in [0.05, 0.1) is 0 Å². The molecule has 1 aliphatic carbocycles. The van der Waals surface area contributed by atoms with Crippen LogP contribution in [0.4, 0.5) is 13.2 Å². The number of rotatable bonds is 2. The first-order chi connectivity index (χ1) is 7.24. The van der Waals surface area contributed by atoms with Crippen molar-refractivity contribution in [3.63, 3.8) is 0 Å². The Morgan fingerprint density at radius 2 is 1.75 bits per heavy atom. The van der Waals surface area contributed by atoms with Crippen molar-refractivity contribution < 1.29 is 18.0 Å². The third-order valence-electron chi connectivity index (χ3n) is 3.54. The maximum absolute atomic E-state index is 12.5. The summed E-state index contributed by atoms with van der Waals surface area (Å²) in [6, 6.07) is 0. The second kappa shape index (κ2) is 3.35. The van der Waals surface area contributed by atoms with Gasteiger partial charge < -0.3 is 10.6 Å². The van der Waals surface area contributed by atoms with Crippen LogP contribution in [0.1, 0.15) is 13.8 Å². The highest BCUT2D eigenvalue weighted by atomic mass is 19.4. The lowest BCUT2D eigenvalue weighted by Gasteiger charge is -2.29. The van der Waals surface area contributed by atoms with Crippen molar-refractivity contribution in [3.05, 3.63) is 0 Å². The summed E-state index contributed by atoms with van der Waals surface area (Å²) in [4.78, 5) is 11.6. The van der Waals surface area contributed by atoms with E-state index in [1.54, 1.807) is 0 Å². The molecule has 2 rings (SSSR count). The maximum atomic E-state index is 12.5. The van der Waals surface area contributed by atoms with Crippen LogP contribution in [-0.2, 0) is 4.79 Å². The van der Waals surface area contributed by atoms with Crippen LogP contribution in [0.15, 0.2) is 0 Å². The van der Waals surface area contributed by atoms with Gasteiger partial charge in [-0.05, 0) is 38.8 Å². The Hall–Kier alpha value is -0.780. The van der Waals surface area contributed by atoms with E-state index in [0.29, 0.717) is 0 Å². The normalized spacial score (nSPS) is 33.4. The Balaban J connectivity index is 1.93. The van der Waals surface area contributed by atoms with Gasteiger partial charge in [-0.2, -0.15) is 13.2 Å². The molecule has 3 nitrogen and oxygen atoms in total. The molecular weight excluding hydrogens is 221 g/mol. The van der Waals surface area contributed by atoms with Crippen molar-refractivity contribution in [2.24, 2.45) is 17.8 Å². The van der Waals surface area contributed by atoms with Crippen molar-refractivity contribution in [2.45, 2.75) is 25.6 Å². The van der Waals surface area contributed by atoms with Gasteiger partial charge in [0.15, 0.2) is 0 Å². The molecule has 0 radical (unpaired) electrons. The number of carbonyl (C=O) groups excluding carboxylic acids is 1. The number of carbonyl (C=O) groups is 1. The van der Waals surface area contributed by atoms with Gasteiger partial charge in [-0.1, -0.05) is 0 Å². The van der Waals surface area contributed by atoms with Gasteiger partial charge in [0.25, 0.3) is 0 Å². The molecule has 2 fully saturated rings. The SMILES string of the molecule is CC(C)(NC(=O)C1[C@H]2CNC[C@@H]12)C(F)(F)F. The Bertz CT molecular complexity index is 304. The number of piperidine rings is 1. The van der Waals surface area contributed by atoms with Crippen molar-refractivity contribution >= 4 is 5.91 Å². The van der Waals surface area contributed by atoms with E-state index in [4.69, 9.17) is 0 Å². The molecule has 1 saturated heterocycles. The van der Waals surface area contributed by atoms with Gasteiger partial charge in [-0.3, -0.25) is 4.79 Å². The predicted octanol–water partition coefficient (Wildman–Crippen LogP) is 0.909. The Morgan fingerprint density at radius 3 is 2.19 bits per heavy atom. The predicted molar refractivity (Wildman–Crippen MR) is 51.6 cm³/mol. The van der Waals surface area contributed by atoms with Crippen LogP contribution in [0, 0.1) is 17.8 Å². The largest absolute Gasteiger partial charge is 0.410 e. The summed E-state index contributed by atoms with van der Waals surface area (Å²) in [5.41, 5.74) is -2.14. The van der Waals surface area contributed by atoms with Crippen molar-refractivity contribution in [1.29, 1.82) is 0 Å². The molecule has 0 bridgehead atoms. The number of alkyl halides is 3. The number of hydrogen-bond donors (Lipinski definition) is 2. The first kappa shape index (κ1) is 11.7. The molecule has 0 spiro atoms. The lowest BCUT2D eigenvalue weighted by molar-refractivity contribution is -0.188. The molecule has 1 saturated carbocycles. The molecular formula is C10H15F3N2O. The van der Waals surface area contributed by atoms with Gasteiger partial charge in [-0.25, -0.2) is 0 Å². The topological polar surface area (TPSA) is 41.1 Å². The van der Waals surface area contributed by atoms with E-state index in [0.717, 1.165) is 26.9 Å². The molecule has 16 heavy (non-hydrogen) atoms. The number of halogens is 3. The number of nitrogens with one attached hydrogen (secondary N) is 2. The molecule has 0 aromatic rings. The molecule has 92 valence electrons. The highest BCUT2D eigenvalue weighted by Crippen LogP contribution is 2.49. The van der Waals surface area contributed by atoms with Gasteiger partial charge in [-0.15, -0.1) is 0 Å². The lowest BCUT2D eigenvalue weighted by Crippen LogP contribution is -2.55. The van der Waals surface area contributed by atoms with Crippen LogP contribution in [0.5, 0.6) is 0 Å². The van der Waals surface area contributed by atoms with E-state index in [1.807, 2.05) is 0 Å². The van der Waals surface area contributed by atoms with Crippen molar-refractivity contribution in [1.82, 2.24) is 10.6 Å². The molecule has 1 amide bonds. The minimum Gasteiger partial charge on any atom is -0.342 e. The molecule has 1 aliphatic heterocycles. The molecule has 2 N–H and O–H groups in total. The molecule has 6 heteroatoms. The summed E-state index contributed by atoms with van der Waals surface area (Å²) in [5.74, 6) is -0.199. The average Bonchev–Trinajstić information content (AvgIpc) is 2.59. The van der Waals surface area contributed by atoms with Gasteiger partial charge >= 0.3 is 6.18 Å². The third kappa shape index (κ3) is 1.79. The number of fused-ring (bicyclic) bond motifs is 1. The van der Waals surface area contributed by atoms with Gasteiger partial charge in [0, 0.05) is 5.92 Å². The Labute approximate surface area is 91.8 Å². The van der Waals surface area contributed by atoms with E-state index >= 15 is 0 Å². The van der Waals surface area contributed by atoms with Crippen molar-refractivity contribution in [3.8, 4) is 0 Å². The second-order valence-corrected chi connectivity index (χ2v) is 5.12. The van der Waals surface area contributed by atoms with Crippen molar-refractivity contribution in [2.75, 3.05) is 13.1 Å². The average molecular weight is 236 g/mol. The fourth-order valence-corrected chi connectivity index (χ4v) is 2.27. The van der Waals surface area contributed by atoms with Crippen LogP contribution >= 0.6 is 0 Å². The fraction of sp³-hybridized carbons (Fsp3) is 0.900. The third-order valence-corrected chi connectivity index (χ3v) is 3.54. The number of hydrogen-bond acceptors (Lipinski definition) is 2. The fourth-order valence-electron chi connectivity index (χ4n) is 2.27. The summed E-state index contributed by atoms with van der Waals surface area (Å²) >= 11 is 0. The minimum atomic E-state index is -4.41. The first-order valence-electron chi connectivity index (χ1n) is 5.33. The Kier molecular flexibility index (Phi) is 2.45. The standard InChI is InChI=1S/C10H15F3N2O/c1-9(2,10(11,12)13)15-8(16)7-5-3-14-4-6(5)7/h5-7,14H,3-4H2,1-2H3,(H,15,16)/t5-,6+,7?. The van der Waals surface area contributed by atoms with Gasteiger partial charge in [0.1, 0.15) is 5.54 Å². The Morgan fingerprint density at radius 1 is 1.25 bits per heavy atom. The summed E-state index contributed by atoms with van der Waals surface area (Å²) in [5, 5.41) is 5.19. The summed E-state index contributed by atoms with van der Waals surface area (Å²) in [7, 11) is 0. The summed E-state index contributed by atoms with van der Waals surface area (Å²) < 4.78 is 37.6. The van der Waals surface area contributed by atoms with Crippen LogP contribution in [-0.4, -0.2) is 30.7 Å². The highest BCUT2D eigenvalue weighted by molar-refractivity contribution is 5.83. The van der Waals surface area contributed by atoms with Crippen LogP contribution in [0.25, 0.3) is 0 Å². The minimum absolute atomic E-state index is 0.220. The molecule has 1 unspecified atom stereocenters. The van der Waals surface area contributed by atoms with E-state index in [2.05, 4.69) is 10.6 Å². The summed E-state index contributed by atoms with van der Waals surface area (Å²) in [6.07, 6.45) is -4.41. The van der Waals surface area contributed by atoms with E-state index in [-0.39, 0.29) is 17.8 Å². The van der Waals surface area contributed by atoms with Crippen LogP contribution in [0.2, 0.25) is 0 Å². The maximum Gasteiger partial charge on any atom is 0.410 e. The number of amides is 1. The zero-order chi connectivity index (χ0) is 12.1. The molecule has 0 aromatic carbocycles. The summed E-state index contributed by atoms with van der Waals surface area (Å²) in [6.45, 7) is 3.47. The highest BCUT2D eigenvalue weighted by Gasteiger charge is 2.59. The second-order valence-electron chi connectivity index (χ2n) is 5.12.